The number of carbonyl (C=O) groups excluding carboxylic acids is 1. The topological polar surface area (TPSA) is 91.7 Å². The zero-order valence-electron chi connectivity index (χ0n) is 22.9. The van der Waals surface area contributed by atoms with Gasteiger partial charge in [-0.3, -0.25) is 9.36 Å². The Hall–Kier alpha value is -3.17. The maximum atomic E-state index is 14.3. The fraction of sp³-hybridized carbons (Fsp3) is 0.464. The Labute approximate surface area is 218 Å². The Morgan fingerprint density at radius 3 is 2.24 bits per heavy atom. The molecule has 8 nitrogen and oxygen atoms in total. The number of hydrogen-bond donors (Lipinski definition) is 1. The van der Waals surface area contributed by atoms with Crippen LogP contribution in [0, 0.1) is 0 Å². The van der Waals surface area contributed by atoms with E-state index in [1.807, 2.05) is 77.1 Å². The molecule has 1 fully saturated rings. The van der Waals surface area contributed by atoms with Gasteiger partial charge in [0, 0.05) is 0 Å². The lowest BCUT2D eigenvalue weighted by Crippen LogP contribution is -2.41. The van der Waals surface area contributed by atoms with Gasteiger partial charge in [0.15, 0.2) is 0 Å². The molecule has 3 aromatic rings. The van der Waals surface area contributed by atoms with Crippen LogP contribution in [-0.2, 0) is 14.0 Å². The van der Waals surface area contributed by atoms with Gasteiger partial charge in [-0.15, -0.1) is 0 Å². The maximum absolute atomic E-state index is 14.3. The van der Waals surface area contributed by atoms with E-state index in [0.717, 1.165) is 0 Å². The normalized spacial score (nSPS) is 17.6. The average Bonchev–Trinajstić information content (AvgIpc) is 3.03. The summed E-state index contributed by atoms with van der Waals surface area (Å²) in [5.74, 6) is 0.420. The van der Waals surface area contributed by atoms with E-state index in [1.54, 1.807) is 31.4 Å². The van der Waals surface area contributed by atoms with Gasteiger partial charge in [-0.05, 0) is 78.5 Å². The van der Waals surface area contributed by atoms with Crippen molar-refractivity contribution in [2.75, 3.05) is 0 Å². The van der Waals surface area contributed by atoms with Crippen molar-refractivity contribution in [3.8, 4) is 5.69 Å². The molecule has 196 valence electrons. The molecule has 0 radical (unpaired) electrons. The van der Waals surface area contributed by atoms with Crippen LogP contribution >= 0.6 is 0 Å². The number of hydrogen-bond acceptors (Lipinski definition) is 6. The molecule has 0 spiro atoms. The summed E-state index contributed by atoms with van der Waals surface area (Å²) in [4.78, 5) is 31.8. The number of alkyl carbamates (subject to hydrolysis) is 1. The number of nitrogens with one attached hydrogen (secondary N) is 1. The zero-order valence-corrected chi connectivity index (χ0v) is 22.9. The van der Waals surface area contributed by atoms with Gasteiger partial charge in [-0.25, -0.2) is 9.78 Å². The number of benzene rings is 2. The summed E-state index contributed by atoms with van der Waals surface area (Å²) in [6.45, 7) is 15.2. The van der Waals surface area contributed by atoms with Gasteiger partial charge < -0.3 is 19.4 Å². The predicted molar refractivity (Wildman–Crippen MR) is 145 cm³/mol. The highest BCUT2D eigenvalue weighted by Crippen LogP contribution is 2.37. The number of aromatic nitrogens is 2. The highest BCUT2D eigenvalue weighted by Gasteiger charge is 2.52. The number of rotatable bonds is 5. The molecule has 2 aromatic carbocycles. The monoisotopic (exact) mass is 505 g/mol. The fourth-order valence-corrected chi connectivity index (χ4v) is 4.30. The van der Waals surface area contributed by atoms with E-state index in [0.29, 0.717) is 34.3 Å². The summed E-state index contributed by atoms with van der Waals surface area (Å²) in [6.07, 6.45) is -0.0692. The number of nitrogens with zero attached hydrogens (tertiary/aromatic N) is 2. The van der Waals surface area contributed by atoms with Gasteiger partial charge in [-0.2, -0.15) is 0 Å². The van der Waals surface area contributed by atoms with Crippen LogP contribution < -0.4 is 16.3 Å². The summed E-state index contributed by atoms with van der Waals surface area (Å²) >= 11 is 0. The van der Waals surface area contributed by atoms with Crippen molar-refractivity contribution in [2.24, 2.45) is 0 Å². The molecular weight excluding hydrogens is 469 g/mol. The second-order valence-electron chi connectivity index (χ2n) is 11.4. The third-order valence-corrected chi connectivity index (χ3v) is 6.89. The van der Waals surface area contributed by atoms with Crippen molar-refractivity contribution in [3.63, 3.8) is 0 Å². The molecule has 1 atom stereocenters. The van der Waals surface area contributed by atoms with Gasteiger partial charge in [0.1, 0.15) is 11.4 Å². The van der Waals surface area contributed by atoms with Gasteiger partial charge in [0.05, 0.1) is 33.8 Å². The standard InChI is InChI=1S/C28H36BN3O5/c1-9-20(31-25(34)35-26(2,3)4)23-30-21-17-13-16-19(29-36-27(5,6)28(7,8)37-29)22(21)24(33)32(23)18-14-11-10-12-15-18/h10-17,20H,9H2,1-8H3,(H,31,34)/t20-/m0/s1. The molecule has 9 heteroatoms. The Bertz CT molecular complexity index is 1350. The quantitative estimate of drug-likeness (QED) is 0.508. The second-order valence-corrected chi connectivity index (χ2v) is 11.4. The molecule has 0 bridgehead atoms. The zero-order chi connectivity index (χ0) is 27.2. The van der Waals surface area contributed by atoms with Crippen molar-refractivity contribution in [1.82, 2.24) is 14.9 Å². The molecule has 1 saturated heterocycles. The highest BCUT2D eigenvalue weighted by molar-refractivity contribution is 6.65. The molecule has 2 heterocycles. The van der Waals surface area contributed by atoms with Crippen LogP contribution in [0.4, 0.5) is 4.79 Å². The molecule has 0 aliphatic carbocycles. The SMILES string of the molecule is CC[C@H](NC(=O)OC(C)(C)C)c1nc2cccc(B3OC(C)(C)C(C)(C)O3)c2c(=O)n1-c1ccccc1. The lowest BCUT2D eigenvalue weighted by atomic mass is 9.77. The summed E-state index contributed by atoms with van der Waals surface area (Å²) in [6, 6.07) is 14.2. The lowest BCUT2D eigenvalue weighted by molar-refractivity contribution is 0.00578. The fourth-order valence-electron chi connectivity index (χ4n) is 4.30. The number of ether oxygens (including phenoxy) is 1. The summed E-state index contributed by atoms with van der Waals surface area (Å²) < 4.78 is 19.6. The first-order chi connectivity index (χ1) is 17.2. The smallest absolute Gasteiger partial charge is 0.444 e. The van der Waals surface area contributed by atoms with E-state index >= 15 is 0 Å². The van der Waals surface area contributed by atoms with Crippen LogP contribution in [0.2, 0.25) is 0 Å². The summed E-state index contributed by atoms with van der Waals surface area (Å²) in [5, 5.41) is 3.32. The van der Waals surface area contributed by atoms with E-state index in [4.69, 9.17) is 19.0 Å². The Kier molecular flexibility index (Phi) is 6.99. The van der Waals surface area contributed by atoms with Crippen LogP contribution in [0.25, 0.3) is 16.6 Å². The van der Waals surface area contributed by atoms with Crippen molar-refractivity contribution in [2.45, 2.75) is 84.7 Å². The number of para-hydroxylation sites is 1. The predicted octanol–water partition coefficient (Wildman–Crippen LogP) is 4.66. The molecule has 1 aliphatic rings. The van der Waals surface area contributed by atoms with Crippen molar-refractivity contribution in [3.05, 3.63) is 64.7 Å². The number of amides is 1. The van der Waals surface area contributed by atoms with Crippen LogP contribution in [0.15, 0.2) is 53.3 Å². The van der Waals surface area contributed by atoms with Gasteiger partial charge in [0.25, 0.3) is 5.56 Å². The largest absolute Gasteiger partial charge is 0.495 e. The van der Waals surface area contributed by atoms with Gasteiger partial charge in [-0.1, -0.05) is 37.3 Å². The molecule has 37 heavy (non-hydrogen) atoms. The Balaban J connectivity index is 1.91. The minimum atomic E-state index is -0.722. The molecule has 4 rings (SSSR count). The van der Waals surface area contributed by atoms with E-state index in [-0.39, 0.29) is 5.56 Å². The third-order valence-electron chi connectivity index (χ3n) is 6.89. The molecule has 0 unspecified atom stereocenters. The Morgan fingerprint density at radius 2 is 1.68 bits per heavy atom. The third kappa shape index (κ3) is 5.29. The first kappa shape index (κ1) is 26.9. The van der Waals surface area contributed by atoms with Gasteiger partial charge >= 0.3 is 13.2 Å². The minimum Gasteiger partial charge on any atom is -0.444 e. The number of carbonyl (C=O) groups is 1. The van der Waals surface area contributed by atoms with E-state index in [1.165, 1.54) is 0 Å². The van der Waals surface area contributed by atoms with Gasteiger partial charge in [0.2, 0.25) is 0 Å². The molecule has 1 N–H and O–H groups in total. The molecule has 1 amide bonds. The average molecular weight is 505 g/mol. The van der Waals surface area contributed by atoms with E-state index in [2.05, 4.69) is 5.32 Å². The van der Waals surface area contributed by atoms with E-state index < -0.39 is 36.1 Å². The molecule has 0 saturated carbocycles. The molecule has 1 aromatic heterocycles. The van der Waals surface area contributed by atoms with E-state index in [9.17, 15) is 9.59 Å². The minimum absolute atomic E-state index is 0.263. The van der Waals surface area contributed by atoms with Crippen LogP contribution in [-0.4, -0.2) is 39.6 Å². The van der Waals surface area contributed by atoms with Crippen LogP contribution in [0.1, 0.15) is 73.7 Å². The molecular formula is C28H36BN3O5. The highest BCUT2D eigenvalue weighted by atomic mass is 16.7. The van der Waals surface area contributed by atoms with Crippen LogP contribution in [0.5, 0.6) is 0 Å². The van der Waals surface area contributed by atoms with Crippen molar-refractivity contribution >= 4 is 29.6 Å². The first-order valence-electron chi connectivity index (χ1n) is 12.7. The Morgan fingerprint density at radius 1 is 1.05 bits per heavy atom. The second kappa shape index (κ2) is 9.61. The summed E-state index contributed by atoms with van der Waals surface area (Å²) in [5.41, 5.74) is -0.268. The summed E-state index contributed by atoms with van der Waals surface area (Å²) in [7, 11) is -0.722. The van der Waals surface area contributed by atoms with Crippen molar-refractivity contribution < 1.29 is 18.8 Å². The lowest BCUT2D eigenvalue weighted by Gasteiger charge is -2.32. The molecule has 1 aliphatic heterocycles. The first-order valence-corrected chi connectivity index (χ1v) is 12.7. The maximum Gasteiger partial charge on any atom is 0.495 e. The van der Waals surface area contributed by atoms with Crippen LogP contribution in [0.3, 0.4) is 0 Å². The van der Waals surface area contributed by atoms with Crippen molar-refractivity contribution in [1.29, 1.82) is 0 Å². The number of fused-ring (bicyclic) bond motifs is 1.